The van der Waals surface area contributed by atoms with Gasteiger partial charge in [0.25, 0.3) is 11.8 Å². The van der Waals surface area contributed by atoms with Crippen molar-refractivity contribution in [3.63, 3.8) is 0 Å². The SMILES string of the molecule is CNC(=O)c1cc(C(=O)N[C@@H]2[C@@H]3COC[C@@H]32)cc(Cc2cccc3c2CCN3C(=O)OCc2ccccc2)n1. The smallest absolute Gasteiger partial charge is 0.414 e. The molecule has 2 fully saturated rings. The molecule has 0 bridgehead atoms. The van der Waals surface area contributed by atoms with Crippen molar-refractivity contribution in [3.05, 3.63) is 94.3 Å². The van der Waals surface area contributed by atoms with Gasteiger partial charge in [0, 0.05) is 49.1 Å². The van der Waals surface area contributed by atoms with Crippen LogP contribution in [0.1, 0.15) is 43.2 Å². The molecule has 1 saturated heterocycles. The minimum Gasteiger partial charge on any atom is -0.444 e. The number of pyridine rings is 1. The summed E-state index contributed by atoms with van der Waals surface area (Å²) in [6, 6.07) is 18.8. The molecular formula is C30H30N4O5. The van der Waals surface area contributed by atoms with E-state index < -0.39 is 0 Å². The topological polar surface area (TPSA) is 110 Å². The van der Waals surface area contributed by atoms with Crippen molar-refractivity contribution in [2.75, 3.05) is 31.7 Å². The van der Waals surface area contributed by atoms with E-state index in [-0.39, 0.29) is 36.3 Å². The van der Waals surface area contributed by atoms with Crippen LogP contribution in [0.15, 0.2) is 60.7 Å². The van der Waals surface area contributed by atoms with Gasteiger partial charge in [0.05, 0.1) is 18.9 Å². The number of hydrogen-bond donors (Lipinski definition) is 2. The molecule has 9 nitrogen and oxygen atoms in total. The van der Waals surface area contributed by atoms with Gasteiger partial charge in [0.2, 0.25) is 0 Å². The van der Waals surface area contributed by atoms with E-state index in [1.165, 1.54) is 13.1 Å². The third kappa shape index (κ3) is 5.09. The Balaban J connectivity index is 1.20. The van der Waals surface area contributed by atoms with Crippen LogP contribution in [0.4, 0.5) is 10.5 Å². The van der Waals surface area contributed by atoms with Gasteiger partial charge in [-0.1, -0.05) is 42.5 Å². The lowest BCUT2D eigenvalue weighted by Gasteiger charge is -2.18. The minimum absolute atomic E-state index is 0.122. The summed E-state index contributed by atoms with van der Waals surface area (Å²) in [6.45, 7) is 2.08. The molecule has 1 aromatic heterocycles. The summed E-state index contributed by atoms with van der Waals surface area (Å²) in [6.07, 6.45) is 0.716. The van der Waals surface area contributed by atoms with E-state index in [2.05, 4.69) is 15.6 Å². The molecule has 39 heavy (non-hydrogen) atoms. The number of carbonyl (C=O) groups excluding carboxylic acids is 3. The van der Waals surface area contributed by atoms with Gasteiger partial charge in [-0.2, -0.15) is 0 Å². The molecular weight excluding hydrogens is 496 g/mol. The lowest BCUT2D eigenvalue weighted by atomic mass is 9.99. The molecule has 1 aliphatic carbocycles. The molecule has 2 aromatic carbocycles. The Hall–Kier alpha value is -4.24. The van der Waals surface area contributed by atoms with Crippen LogP contribution in [0.3, 0.4) is 0 Å². The summed E-state index contributed by atoms with van der Waals surface area (Å²) in [7, 11) is 1.54. The van der Waals surface area contributed by atoms with E-state index in [1.807, 2.05) is 48.5 Å². The van der Waals surface area contributed by atoms with Gasteiger partial charge in [-0.3, -0.25) is 14.5 Å². The Morgan fingerprint density at radius 3 is 2.59 bits per heavy atom. The predicted octanol–water partition coefficient (Wildman–Crippen LogP) is 3.11. The van der Waals surface area contributed by atoms with Crippen molar-refractivity contribution in [1.29, 1.82) is 0 Å². The molecule has 3 aromatic rings. The van der Waals surface area contributed by atoms with Crippen LogP contribution in [0.5, 0.6) is 0 Å². The van der Waals surface area contributed by atoms with Crippen LogP contribution in [0.2, 0.25) is 0 Å². The first-order valence-corrected chi connectivity index (χ1v) is 13.2. The second-order valence-electron chi connectivity index (χ2n) is 10.2. The largest absolute Gasteiger partial charge is 0.444 e. The minimum atomic E-state index is -0.385. The zero-order valence-electron chi connectivity index (χ0n) is 21.7. The maximum Gasteiger partial charge on any atom is 0.414 e. The summed E-state index contributed by atoms with van der Waals surface area (Å²) in [5.41, 5.74) is 4.99. The third-order valence-electron chi connectivity index (χ3n) is 7.77. The third-order valence-corrected chi connectivity index (χ3v) is 7.77. The van der Waals surface area contributed by atoms with Crippen molar-refractivity contribution in [1.82, 2.24) is 15.6 Å². The highest BCUT2D eigenvalue weighted by Gasteiger charge is 2.54. The van der Waals surface area contributed by atoms with E-state index in [1.54, 1.807) is 11.0 Å². The maximum absolute atomic E-state index is 13.1. The first-order valence-electron chi connectivity index (χ1n) is 13.2. The van der Waals surface area contributed by atoms with E-state index in [4.69, 9.17) is 9.47 Å². The Kier molecular flexibility index (Phi) is 6.74. The molecule has 1 saturated carbocycles. The van der Waals surface area contributed by atoms with Gasteiger partial charge in [0.15, 0.2) is 0 Å². The average molecular weight is 527 g/mol. The standard InChI is InChI=1S/C30H30N4O5/c1-31-29(36)25-14-20(28(35)33-27-23-16-38-17-24(23)27)13-21(32-25)12-19-8-5-9-26-22(19)10-11-34(26)30(37)39-15-18-6-3-2-4-7-18/h2-9,13-14,23-24,27H,10-12,15-17H2,1H3,(H,31,36)(H,33,35)/t23-,24+,27-. The summed E-state index contributed by atoms with van der Waals surface area (Å²) < 4.78 is 11.0. The van der Waals surface area contributed by atoms with Gasteiger partial charge in [-0.25, -0.2) is 9.78 Å². The number of aromatic nitrogens is 1. The number of benzene rings is 2. The zero-order valence-corrected chi connectivity index (χ0v) is 21.7. The number of carbonyl (C=O) groups is 3. The van der Waals surface area contributed by atoms with Crippen LogP contribution in [0, 0.1) is 11.8 Å². The predicted molar refractivity (Wildman–Crippen MR) is 144 cm³/mol. The summed E-state index contributed by atoms with van der Waals surface area (Å²) >= 11 is 0. The quantitative estimate of drug-likeness (QED) is 0.490. The average Bonchev–Trinajstić information content (AvgIpc) is 3.31. The van der Waals surface area contributed by atoms with Gasteiger partial charge in [-0.05, 0) is 41.3 Å². The summed E-state index contributed by atoms with van der Waals surface area (Å²) in [4.78, 5) is 44.7. The fraction of sp³-hybridized carbons (Fsp3) is 0.333. The number of rotatable bonds is 7. The van der Waals surface area contributed by atoms with Crippen molar-refractivity contribution < 1.29 is 23.9 Å². The molecule has 3 aliphatic rings. The summed E-state index contributed by atoms with van der Waals surface area (Å²) in [5, 5.41) is 5.69. The van der Waals surface area contributed by atoms with Crippen molar-refractivity contribution in [2.45, 2.75) is 25.5 Å². The number of nitrogens with zero attached hydrogens (tertiary/aromatic N) is 2. The van der Waals surface area contributed by atoms with E-state index >= 15 is 0 Å². The molecule has 0 spiro atoms. The lowest BCUT2D eigenvalue weighted by molar-refractivity contribution is 0.0928. The Labute approximate surface area is 226 Å². The lowest BCUT2D eigenvalue weighted by Crippen LogP contribution is -2.30. The fourth-order valence-electron chi connectivity index (χ4n) is 5.60. The van der Waals surface area contributed by atoms with E-state index in [0.717, 1.165) is 22.4 Å². The first-order chi connectivity index (χ1) is 19.0. The molecule has 3 atom stereocenters. The summed E-state index contributed by atoms with van der Waals surface area (Å²) in [5.74, 6) is 0.188. The van der Waals surface area contributed by atoms with Crippen LogP contribution < -0.4 is 15.5 Å². The maximum atomic E-state index is 13.1. The van der Waals surface area contributed by atoms with Gasteiger partial charge >= 0.3 is 6.09 Å². The second kappa shape index (κ2) is 10.5. The molecule has 9 heteroatoms. The monoisotopic (exact) mass is 526 g/mol. The van der Waals surface area contributed by atoms with Crippen LogP contribution in [0.25, 0.3) is 0 Å². The number of anilines is 1. The van der Waals surface area contributed by atoms with Gasteiger partial charge in [0.1, 0.15) is 12.3 Å². The fourth-order valence-corrected chi connectivity index (χ4v) is 5.60. The van der Waals surface area contributed by atoms with E-state index in [0.29, 0.717) is 55.7 Å². The first kappa shape index (κ1) is 25.1. The van der Waals surface area contributed by atoms with E-state index in [9.17, 15) is 14.4 Å². The number of ether oxygens (including phenoxy) is 2. The molecule has 0 radical (unpaired) electrons. The van der Waals surface area contributed by atoms with Crippen LogP contribution >= 0.6 is 0 Å². The molecule has 3 amide bonds. The normalized spacial score (nSPS) is 20.6. The van der Waals surface area contributed by atoms with Crippen molar-refractivity contribution in [3.8, 4) is 0 Å². The van der Waals surface area contributed by atoms with Crippen LogP contribution in [-0.2, 0) is 28.9 Å². The number of fused-ring (bicyclic) bond motifs is 2. The Morgan fingerprint density at radius 1 is 1.03 bits per heavy atom. The Morgan fingerprint density at radius 2 is 1.82 bits per heavy atom. The second-order valence-corrected chi connectivity index (χ2v) is 10.2. The molecule has 200 valence electrons. The highest BCUT2D eigenvalue weighted by molar-refractivity contribution is 5.99. The highest BCUT2D eigenvalue weighted by atomic mass is 16.6. The number of hydrogen-bond acceptors (Lipinski definition) is 6. The van der Waals surface area contributed by atoms with Crippen molar-refractivity contribution in [2.24, 2.45) is 11.8 Å². The molecule has 3 heterocycles. The number of nitrogens with one attached hydrogen (secondary N) is 2. The zero-order chi connectivity index (χ0) is 26.9. The highest BCUT2D eigenvalue weighted by Crippen LogP contribution is 2.44. The van der Waals surface area contributed by atoms with Gasteiger partial charge in [-0.15, -0.1) is 0 Å². The molecule has 2 aliphatic heterocycles. The van der Waals surface area contributed by atoms with Crippen molar-refractivity contribution >= 4 is 23.6 Å². The molecule has 0 unspecified atom stereocenters. The number of amides is 3. The van der Waals surface area contributed by atoms with Gasteiger partial charge < -0.3 is 20.1 Å². The molecule has 6 rings (SSSR count). The molecule has 2 N–H and O–H groups in total. The van der Waals surface area contributed by atoms with Crippen LogP contribution in [-0.4, -0.2) is 55.7 Å². The Bertz CT molecular complexity index is 1420.